The number of amides is 2. The summed E-state index contributed by atoms with van der Waals surface area (Å²) in [6, 6.07) is 1.59. The van der Waals surface area contributed by atoms with E-state index in [4.69, 9.17) is 10.00 Å². The number of rotatable bonds is 7. The molecule has 25 heavy (non-hydrogen) atoms. The Bertz CT molecular complexity index is 516. The lowest BCUT2D eigenvalue weighted by Crippen LogP contribution is -2.45. The minimum absolute atomic E-state index is 0.00384. The molecular weight excluding hydrogens is 325 g/mol. The quantitative estimate of drug-likeness (QED) is 0.756. The zero-order valence-electron chi connectivity index (χ0n) is 15.0. The van der Waals surface area contributed by atoms with Gasteiger partial charge in [-0.2, -0.15) is 5.26 Å². The van der Waals surface area contributed by atoms with Gasteiger partial charge in [0.2, 0.25) is 11.8 Å². The van der Waals surface area contributed by atoms with E-state index >= 15 is 0 Å². The van der Waals surface area contributed by atoms with Crippen LogP contribution in [0.1, 0.15) is 46.0 Å². The number of nitriles is 1. The van der Waals surface area contributed by atoms with Crippen LogP contribution >= 0.6 is 0 Å². The van der Waals surface area contributed by atoms with E-state index in [0.717, 1.165) is 19.4 Å². The summed E-state index contributed by atoms with van der Waals surface area (Å²) in [5.74, 6) is -1.05. The molecule has 0 aromatic rings. The van der Waals surface area contributed by atoms with Gasteiger partial charge >= 0.3 is 0 Å². The van der Waals surface area contributed by atoms with E-state index in [1.807, 2.05) is 13.0 Å². The molecule has 140 valence electrons. The molecule has 2 amide bonds. The Morgan fingerprint density at radius 1 is 1.48 bits per heavy atom. The molecule has 2 saturated heterocycles. The first-order valence-electron chi connectivity index (χ1n) is 9.18. The highest BCUT2D eigenvalue weighted by Crippen LogP contribution is 2.24. The Morgan fingerprint density at radius 3 is 2.84 bits per heavy atom. The second-order valence-corrected chi connectivity index (χ2v) is 7.10. The van der Waals surface area contributed by atoms with E-state index < -0.39 is 12.1 Å². The van der Waals surface area contributed by atoms with E-state index in [-0.39, 0.29) is 49.4 Å². The van der Waals surface area contributed by atoms with Gasteiger partial charge in [-0.1, -0.05) is 13.8 Å². The van der Waals surface area contributed by atoms with Crippen LogP contribution < -0.4 is 5.32 Å². The van der Waals surface area contributed by atoms with Gasteiger partial charge in [0.1, 0.15) is 12.1 Å². The van der Waals surface area contributed by atoms with Gasteiger partial charge in [0.05, 0.1) is 24.8 Å². The van der Waals surface area contributed by atoms with Crippen molar-refractivity contribution in [3.63, 3.8) is 0 Å². The highest BCUT2D eigenvalue weighted by molar-refractivity contribution is 5.82. The van der Waals surface area contributed by atoms with Gasteiger partial charge in [-0.05, 0) is 25.2 Å². The SMILES string of the molecule is CCC(C#N)C(=O)N1C[C@@H](F)C[C@H]1CNC(=O)CC(C)C1CCCO1. The first-order chi connectivity index (χ1) is 12.0. The normalized spacial score (nSPS) is 28.4. The second kappa shape index (κ2) is 9.14. The van der Waals surface area contributed by atoms with Crippen molar-refractivity contribution in [1.82, 2.24) is 10.2 Å². The van der Waals surface area contributed by atoms with Crippen LogP contribution in [0, 0.1) is 23.2 Å². The number of nitrogens with one attached hydrogen (secondary N) is 1. The van der Waals surface area contributed by atoms with Crippen LogP contribution in [0.5, 0.6) is 0 Å². The minimum Gasteiger partial charge on any atom is -0.378 e. The lowest BCUT2D eigenvalue weighted by atomic mass is 9.98. The molecule has 2 heterocycles. The number of likely N-dealkylation sites (tertiary alicyclic amines) is 1. The maximum absolute atomic E-state index is 13.8. The maximum atomic E-state index is 13.8. The molecule has 1 N–H and O–H groups in total. The van der Waals surface area contributed by atoms with Crippen LogP contribution in [0.4, 0.5) is 4.39 Å². The third-order valence-corrected chi connectivity index (χ3v) is 5.15. The van der Waals surface area contributed by atoms with Gasteiger partial charge in [-0.15, -0.1) is 0 Å². The average molecular weight is 353 g/mol. The number of carbonyl (C=O) groups excluding carboxylic acids is 2. The molecule has 0 bridgehead atoms. The van der Waals surface area contributed by atoms with Crippen molar-refractivity contribution in [2.75, 3.05) is 19.7 Å². The molecule has 5 atom stereocenters. The molecule has 0 spiro atoms. The smallest absolute Gasteiger partial charge is 0.240 e. The largest absolute Gasteiger partial charge is 0.378 e. The topological polar surface area (TPSA) is 82.4 Å². The molecule has 6 nitrogen and oxygen atoms in total. The van der Waals surface area contributed by atoms with E-state index in [0.29, 0.717) is 12.8 Å². The number of nitrogens with zero attached hydrogens (tertiary/aromatic N) is 2. The summed E-state index contributed by atoms with van der Waals surface area (Å²) >= 11 is 0. The number of ether oxygens (including phenoxy) is 1. The van der Waals surface area contributed by atoms with Gasteiger partial charge < -0.3 is 15.0 Å². The molecular formula is C18H28FN3O3. The lowest BCUT2D eigenvalue weighted by molar-refractivity contribution is -0.135. The summed E-state index contributed by atoms with van der Waals surface area (Å²) in [6.45, 7) is 4.75. The molecule has 0 saturated carbocycles. The molecule has 0 aliphatic carbocycles. The molecule has 0 radical (unpaired) electrons. The predicted octanol–water partition coefficient (Wildman–Crippen LogP) is 1.80. The number of hydrogen-bond acceptors (Lipinski definition) is 4. The van der Waals surface area contributed by atoms with E-state index in [2.05, 4.69) is 5.32 Å². The van der Waals surface area contributed by atoms with E-state index in [9.17, 15) is 14.0 Å². The van der Waals surface area contributed by atoms with Crippen LogP contribution in [0.15, 0.2) is 0 Å². The fraction of sp³-hybridized carbons (Fsp3) is 0.833. The number of halogens is 1. The number of carbonyl (C=O) groups is 2. The molecule has 0 aromatic heterocycles. The Kier molecular flexibility index (Phi) is 7.18. The Hall–Kier alpha value is -1.68. The zero-order chi connectivity index (χ0) is 18.4. The number of alkyl halides is 1. The minimum atomic E-state index is -1.10. The summed E-state index contributed by atoms with van der Waals surface area (Å²) in [6.07, 6.45) is 2.01. The number of hydrogen-bond donors (Lipinski definition) is 1. The predicted molar refractivity (Wildman–Crippen MR) is 90.2 cm³/mol. The fourth-order valence-electron chi connectivity index (χ4n) is 3.62. The molecule has 2 fully saturated rings. The molecule has 2 aliphatic heterocycles. The monoisotopic (exact) mass is 353 g/mol. The third-order valence-electron chi connectivity index (χ3n) is 5.15. The summed E-state index contributed by atoms with van der Waals surface area (Å²) in [7, 11) is 0. The molecule has 3 unspecified atom stereocenters. The highest BCUT2D eigenvalue weighted by Gasteiger charge is 2.38. The van der Waals surface area contributed by atoms with Gasteiger partial charge in [-0.3, -0.25) is 9.59 Å². The van der Waals surface area contributed by atoms with Gasteiger partial charge in [-0.25, -0.2) is 4.39 Å². The fourth-order valence-corrected chi connectivity index (χ4v) is 3.62. The first-order valence-corrected chi connectivity index (χ1v) is 9.18. The summed E-state index contributed by atoms with van der Waals surface area (Å²) < 4.78 is 19.4. The van der Waals surface area contributed by atoms with Crippen molar-refractivity contribution in [1.29, 1.82) is 5.26 Å². The summed E-state index contributed by atoms with van der Waals surface area (Å²) in [4.78, 5) is 25.9. The van der Waals surface area contributed by atoms with Gasteiger partial charge in [0.25, 0.3) is 0 Å². The Morgan fingerprint density at radius 2 is 2.24 bits per heavy atom. The lowest BCUT2D eigenvalue weighted by Gasteiger charge is -2.26. The van der Waals surface area contributed by atoms with Crippen LogP contribution in [-0.2, 0) is 14.3 Å². The molecule has 2 aliphatic rings. The molecule has 2 rings (SSSR count). The van der Waals surface area contributed by atoms with Gasteiger partial charge in [0, 0.05) is 26.0 Å². The van der Waals surface area contributed by atoms with Gasteiger partial charge in [0.15, 0.2) is 0 Å². The van der Waals surface area contributed by atoms with Crippen molar-refractivity contribution >= 4 is 11.8 Å². The molecule has 0 aromatic carbocycles. The van der Waals surface area contributed by atoms with Crippen molar-refractivity contribution in [2.24, 2.45) is 11.8 Å². The summed E-state index contributed by atoms with van der Waals surface area (Å²) in [5, 5.41) is 11.9. The van der Waals surface area contributed by atoms with Crippen molar-refractivity contribution in [2.45, 2.75) is 64.3 Å². The Balaban J connectivity index is 1.84. The summed E-state index contributed by atoms with van der Waals surface area (Å²) in [5.41, 5.74) is 0. The van der Waals surface area contributed by atoms with Crippen LogP contribution in [0.25, 0.3) is 0 Å². The van der Waals surface area contributed by atoms with Crippen molar-refractivity contribution in [3.8, 4) is 6.07 Å². The van der Waals surface area contributed by atoms with Crippen molar-refractivity contribution < 1.29 is 18.7 Å². The average Bonchev–Trinajstić information content (AvgIpc) is 3.23. The standard InChI is InChI=1S/C18H28FN3O3/c1-3-13(9-20)18(24)22-11-14(19)8-15(22)10-21-17(23)7-12(2)16-5-4-6-25-16/h12-16H,3-8,10-11H2,1-2H3,(H,21,23)/t12?,13?,14-,15-,16?/m0/s1. The zero-order valence-corrected chi connectivity index (χ0v) is 15.0. The van der Waals surface area contributed by atoms with Crippen LogP contribution in [0.3, 0.4) is 0 Å². The Labute approximate surface area is 148 Å². The maximum Gasteiger partial charge on any atom is 0.240 e. The van der Waals surface area contributed by atoms with E-state index in [1.54, 1.807) is 6.92 Å². The highest BCUT2D eigenvalue weighted by atomic mass is 19.1. The van der Waals surface area contributed by atoms with Crippen LogP contribution in [0.2, 0.25) is 0 Å². The van der Waals surface area contributed by atoms with Crippen LogP contribution in [-0.4, -0.2) is 54.7 Å². The second-order valence-electron chi connectivity index (χ2n) is 7.10. The van der Waals surface area contributed by atoms with Crippen molar-refractivity contribution in [3.05, 3.63) is 0 Å². The third kappa shape index (κ3) is 5.15. The molecule has 7 heteroatoms. The first kappa shape index (κ1) is 19.6. The van der Waals surface area contributed by atoms with E-state index in [1.165, 1.54) is 4.90 Å².